The van der Waals surface area contributed by atoms with Gasteiger partial charge in [0.05, 0.1) is 18.5 Å². The summed E-state index contributed by atoms with van der Waals surface area (Å²) in [6.07, 6.45) is 0. The van der Waals surface area contributed by atoms with E-state index in [4.69, 9.17) is 16.3 Å². The summed E-state index contributed by atoms with van der Waals surface area (Å²) >= 11 is 5.89. The number of aromatic amines is 1. The third-order valence-electron chi connectivity index (χ3n) is 3.73. The Morgan fingerprint density at radius 1 is 1.07 bits per heavy atom. The van der Waals surface area contributed by atoms with Crippen molar-refractivity contribution in [3.63, 3.8) is 0 Å². The summed E-state index contributed by atoms with van der Waals surface area (Å²) in [7, 11) is 1.50. The van der Waals surface area contributed by atoms with Gasteiger partial charge in [-0.25, -0.2) is 0 Å². The second kappa shape index (κ2) is 7.92. The Morgan fingerprint density at radius 2 is 1.81 bits per heavy atom. The molecule has 0 radical (unpaired) electrons. The van der Waals surface area contributed by atoms with Crippen LogP contribution in [0.15, 0.2) is 48.5 Å². The molecule has 0 saturated carbocycles. The van der Waals surface area contributed by atoms with Crippen LogP contribution < -0.4 is 15.4 Å². The number of methoxy groups -OCH3 is 1. The minimum atomic E-state index is -0.388. The Labute approximate surface area is 160 Å². The molecular formula is C19H17ClN4O3. The van der Waals surface area contributed by atoms with Crippen LogP contribution in [0.4, 0.5) is 11.4 Å². The van der Waals surface area contributed by atoms with E-state index in [-0.39, 0.29) is 17.5 Å². The molecule has 7 nitrogen and oxygen atoms in total. The highest BCUT2D eigenvalue weighted by molar-refractivity contribution is 6.30. The van der Waals surface area contributed by atoms with Gasteiger partial charge in [0.25, 0.3) is 5.91 Å². The highest BCUT2D eigenvalue weighted by Gasteiger charge is 2.14. The molecule has 3 rings (SSSR count). The molecule has 3 aromatic rings. The van der Waals surface area contributed by atoms with Crippen molar-refractivity contribution in [3.05, 3.63) is 59.2 Å². The normalized spacial score (nSPS) is 10.3. The molecule has 1 aromatic heterocycles. The van der Waals surface area contributed by atoms with Crippen molar-refractivity contribution in [1.82, 2.24) is 10.2 Å². The summed E-state index contributed by atoms with van der Waals surface area (Å²) in [5.74, 6) is -0.130. The molecule has 1 heterocycles. The number of aromatic nitrogens is 2. The molecular weight excluding hydrogens is 368 g/mol. The molecule has 0 spiro atoms. The number of amides is 2. The topological polar surface area (TPSA) is 96.1 Å². The largest absolute Gasteiger partial charge is 0.495 e. The SMILES string of the molecule is COc1ccc(NC(C)=O)cc1NC(=O)c1cc(-c2ccc(Cl)cc2)n[nH]1. The zero-order valence-corrected chi connectivity index (χ0v) is 15.4. The quantitative estimate of drug-likeness (QED) is 0.620. The van der Waals surface area contributed by atoms with Gasteiger partial charge in [-0.05, 0) is 36.4 Å². The van der Waals surface area contributed by atoms with E-state index in [2.05, 4.69) is 20.8 Å². The van der Waals surface area contributed by atoms with Gasteiger partial charge in [0.2, 0.25) is 5.91 Å². The molecule has 0 atom stereocenters. The minimum absolute atomic E-state index is 0.210. The summed E-state index contributed by atoms with van der Waals surface area (Å²) in [4.78, 5) is 23.8. The number of hydrogen-bond donors (Lipinski definition) is 3. The van der Waals surface area contributed by atoms with Crippen LogP contribution in [-0.2, 0) is 4.79 Å². The van der Waals surface area contributed by atoms with Gasteiger partial charge in [0.1, 0.15) is 11.4 Å². The maximum Gasteiger partial charge on any atom is 0.273 e. The van der Waals surface area contributed by atoms with E-state index in [0.29, 0.717) is 27.8 Å². The molecule has 8 heteroatoms. The number of H-pyrrole nitrogens is 1. The molecule has 2 amide bonds. The maximum absolute atomic E-state index is 12.6. The number of rotatable bonds is 5. The molecule has 0 aliphatic rings. The Hall–Kier alpha value is -3.32. The van der Waals surface area contributed by atoms with Crippen LogP contribution in [0.5, 0.6) is 5.75 Å². The first-order valence-corrected chi connectivity index (χ1v) is 8.42. The van der Waals surface area contributed by atoms with Crippen LogP contribution in [0.3, 0.4) is 0 Å². The number of halogens is 1. The van der Waals surface area contributed by atoms with E-state index in [0.717, 1.165) is 5.56 Å². The molecule has 0 fully saturated rings. The third kappa shape index (κ3) is 4.45. The lowest BCUT2D eigenvalue weighted by molar-refractivity contribution is -0.114. The Kier molecular flexibility index (Phi) is 5.42. The van der Waals surface area contributed by atoms with Crippen LogP contribution in [0.2, 0.25) is 5.02 Å². The summed E-state index contributed by atoms with van der Waals surface area (Å²) in [6, 6.07) is 13.8. The van der Waals surface area contributed by atoms with Crippen LogP contribution in [0.25, 0.3) is 11.3 Å². The van der Waals surface area contributed by atoms with Crippen LogP contribution in [-0.4, -0.2) is 29.1 Å². The van der Waals surface area contributed by atoms with Crippen molar-refractivity contribution in [2.45, 2.75) is 6.92 Å². The molecule has 2 aromatic carbocycles. The monoisotopic (exact) mass is 384 g/mol. The van der Waals surface area contributed by atoms with E-state index in [1.54, 1.807) is 36.4 Å². The van der Waals surface area contributed by atoms with Crippen molar-refractivity contribution in [1.29, 1.82) is 0 Å². The second-order valence-electron chi connectivity index (χ2n) is 5.72. The van der Waals surface area contributed by atoms with Gasteiger partial charge in [-0.3, -0.25) is 14.7 Å². The Bertz CT molecular complexity index is 983. The van der Waals surface area contributed by atoms with Gasteiger partial charge in [-0.15, -0.1) is 0 Å². The number of carbonyl (C=O) groups excluding carboxylic acids is 2. The van der Waals surface area contributed by atoms with Crippen molar-refractivity contribution in [2.24, 2.45) is 0 Å². The number of ether oxygens (including phenoxy) is 1. The molecule has 0 unspecified atom stereocenters. The lowest BCUT2D eigenvalue weighted by Crippen LogP contribution is -2.14. The fourth-order valence-electron chi connectivity index (χ4n) is 2.48. The Morgan fingerprint density at radius 3 is 2.48 bits per heavy atom. The molecule has 0 aliphatic carbocycles. The highest BCUT2D eigenvalue weighted by Crippen LogP contribution is 2.28. The van der Waals surface area contributed by atoms with E-state index in [1.165, 1.54) is 14.0 Å². The fourth-order valence-corrected chi connectivity index (χ4v) is 2.61. The van der Waals surface area contributed by atoms with Gasteiger partial charge in [0, 0.05) is 23.2 Å². The number of hydrogen-bond acceptors (Lipinski definition) is 4. The van der Waals surface area contributed by atoms with E-state index in [9.17, 15) is 9.59 Å². The Balaban J connectivity index is 1.81. The van der Waals surface area contributed by atoms with Gasteiger partial charge in [-0.2, -0.15) is 5.10 Å². The maximum atomic E-state index is 12.6. The summed E-state index contributed by atoms with van der Waals surface area (Å²) in [5.41, 5.74) is 2.71. The number of anilines is 2. The summed E-state index contributed by atoms with van der Waals surface area (Å²) < 4.78 is 5.26. The molecule has 138 valence electrons. The van der Waals surface area contributed by atoms with Gasteiger partial charge in [-0.1, -0.05) is 23.7 Å². The highest BCUT2D eigenvalue weighted by atomic mass is 35.5. The molecule has 27 heavy (non-hydrogen) atoms. The van der Waals surface area contributed by atoms with Crippen LogP contribution in [0, 0.1) is 0 Å². The zero-order valence-electron chi connectivity index (χ0n) is 14.7. The van der Waals surface area contributed by atoms with E-state index >= 15 is 0 Å². The lowest BCUT2D eigenvalue weighted by atomic mass is 10.1. The van der Waals surface area contributed by atoms with E-state index in [1.807, 2.05) is 12.1 Å². The van der Waals surface area contributed by atoms with E-state index < -0.39 is 0 Å². The number of nitrogens with zero attached hydrogens (tertiary/aromatic N) is 1. The third-order valence-corrected chi connectivity index (χ3v) is 3.98. The average Bonchev–Trinajstić information content (AvgIpc) is 3.12. The van der Waals surface area contributed by atoms with Crippen LogP contribution >= 0.6 is 11.6 Å². The number of benzene rings is 2. The van der Waals surface area contributed by atoms with Crippen molar-refractivity contribution in [2.75, 3.05) is 17.7 Å². The molecule has 0 bridgehead atoms. The zero-order chi connectivity index (χ0) is 19.4. The van der Waals surface area contributed by atoms with Crippen molar-refractivity contribution in [3.8, 4) is 17.0 Å². The van der Waals surface area contributed by atoms with Crippen molar-refractivity contribution >= 4 is 34.8 Å². The smallest absolute Gasteiger partial charge is 0.273 e. The lowest BCUT2D eigenvalue weighted by Gasteiger charge is -2.11. The standard InChI is InChI=1S/C19H17ClN4O3/c1-11(25)21-14-7-8-18(27-2)16(9-14)22-19(26)17-10-15(23-24-17)12-3-5-13(20)6-4-12/h3-10H,1-2H3,(H,21,25)(H,22,26)(H,23,24). The minimum Gasteiger partial charge on any atom is -0.495 e. The van der Waals surface area contributed by atoms with Gasteiger partial charge >= 0.3 is 0 Å². The first-order valence-electron chi connectivity index (χ1n) is 8.04. The number of nitrogens with one attached hydrogen (secondary N) is 3. The molecule has 0 aliphatic heterocycles. The summed E-state index contributed by atoms with van der Waals surface area (Å²) in [6.45, 7) is 1.41. The van der Waals surface area contributed by atoms with Gasteiger partial charge < -0.3 is 15.4 Å². The fraction of sp³-hybridized carbons (Fsp3) is 0.105. The van der Waals surface area contributed by atoms with Gasteiger partial charge in [0.15, 0.2) is 0 Å². The molecule has 3 N–H and O–H groups in total. The second-order valence-corrected chi connectivity index (χ2v) is 6.16. The molecule has 0 saturated heterocycles. The first kappa shape index (κ1) is 18.5. The summed E-state index contributed by atoms with van der Waals surface area (Å²) in [5, 5.41) is 12.9. The van der Waals surface area contributed by atoms with Crippen molar-refractivity contribution < 1.29 is 14.3 Å². The number of carbonyl (C=O) groups is 2. The first-order chi connectivity index (χ1) is 13.0. The average molecular weight is 385 g/mol. The predicted octanol–water partition coefficient (Wildman–Crippen LogP) is 3.95. The van der Waals surface area contributed by atoms with Crippen LogP contribution in [0.1, 0.15) is 17.4 Å². The predicted molar refractivity (Wildman–Crippen MR) is 104 cm³/mol.